The number of likely N-dealkylation sites (tertiary alicyclic amines) is 2. The van der Waals surface area contributed by atoms with E-state index in [0.29, 0.717) is 10.4 Å². The van der Waals surface area contributed by atoms with Crippen molar-refractivity contribution in [1.82, 2.24) is 9.80 Å². The molecule has 0 saturated carbocycles. The van der Waals surface area contributed by atoms with E-state index in [-0.39, 0.29) is 12.5 Å². The maximum atomic E-state index is 13.4. The monoisotopic (exact) mass is 411 g/mol. The minimum atomic E-state index is -1.17. The minimum Gasteiger partial charge on any atom is -0.368 e. The summed E-state index contributed by atoms with van der Waals surface area (Å²) >= 11 is 1.24. The highest BCUT2D eigenvalue weighted by molar-refractivity contribution is 7.12. The number of nitrogens with two attached hydrogens (primary N) is 1. The van der Waals surface area contributed by atoms with E-state index in [1.807, 2.05) is 31.2 Å². The molecule has 150 valence electrons. The summed E-state index contributed by atoms with van der Waals surface area (Å²) < 4.78 is 0. The van der Waals surface area contributed by atoms with Crippen LogP contribution in [0.15, 0.2) is 41.8 Å². The van der Waals surface area contributed by atoms with Gasteiger partial charge < -0.3 is 10.6 Å². The van der Waals surface area contributed by atoms with Crippen LogP contribution in [0, 0.1) is 18.8 Å². The topological polar surface area (TPSA) is 101 Å². The number of nitrogens with zero attached hydrogens (tertiary/aromatic N) is 2. The lowest BCUT2D eigenvalue weighted by atomic mass is 9.86. The molecule has 2 saturated heterocycles. The molecule has 7 nitrogen and oxygen atoms in total. The van der Waals surface area contributed by atoms with E-state index in [2.05, 4.69) is 0 Å². The number of primary amides is 1. The Kier molecular flexibility index (Phi) is 4.74. The summed E-state index contributed by atoms with van der Waals surface area (Å²) in [7, 11) is 0. The van der Waals surface area contributed by atoms with E-state index in [4.69, 9.17) is 5.73 Å². The van der Waals surface area contributed by atoms with Crippen LogP contribution in [0.4, 0.5) is 0 Å². The maximum Gasteiger partial charge on any atom is 0.265 e. The second-order valence-corrected chi connectivity index (χ2v) is 8.31. The molecule has 4 unspecified atom stereocenters. The van der Waals surface area contributed by atoms with Crippen LogP contribution in [0.2, 0.25) is 0 Å². The third-order valence-electron chi connectivity index (χ3n) is 5.76. The van der Waals surface area contributed by atoms with Gasteiger partial charge in [-0.1, -0.05) is 35.9 Å². The van der Waals surface area contributed by atoms with E-state index < -0.39 is 41.6 Å². The standard InChI is InChI=1S/C21H21N3O4S/c1-3-23-20(27)14-15(21(23)28)17(18(22)25)24(19(26)13-5-4-10-29-13)16(14)12-8-6-11(2)7-9-12/h4-10,14-17H,3H2,1-2H3,(H2,22,25). The average molecular weight is 411 g/mol. The van der Waals surface area contributed by atoms with Gasteiger partial charge >= 0.3 is 0 Å². The lowest BCUT2D eigenvalue weighted by molar-refractivity contribution is -0.142. The van der Waals surface area contributed by atoms with Gasteiger partial charge in [0.25, 0.3) is 5.91 Å². The van der Waals surface area contributed by atoms with Crippen molar-refractivity contribution in [2.45, 2.75) is 25.9 Å². The van der Waals surface area contributed by atoms with Gasteiger partial charge in [0.2, 0.25) is 17.7 Å². The fourth-order valence-corrected chi connectivity index (χ4v) is 5.16. The predicted molar refractivity (Wildman–Crippen MR) is 107 cm³/mol. The van der Waals surface area contributed by atoms with Crippen LogP contribution in [0.1, 0.15) is 33.8 Å². The highest BCUT2D eigenvalue weighted by Gasteiger charge is 2.64. The molecule has 0 radical (unpaired) electrons. The molecule has 2 aliphatic rings. The molecule has 0 aliphatic carbocycles. The number of benzene rings is 1. The SMILES string of the molecule is CCN1C(=O)C2C(C1=O)C(c1ccc(C)cc1)N(C(=O)c1cccs1)C2C(N)=O. The molecule has 8 heteroatoms. The smallest absolute Gasteiger partial charge is 0.265 e. The first-order valence-electron chi connectivity index (χ1n) is 9.44. The average Bonchev–Trinajstić information content (AvgIpc) is 3.39. The van der Waals surface area contributed by atoms with Crippen LogP contribution >= 0.6 is 11.3 Å². The van der Waals surface area contributed by atoms with E-state index in [0.717, 1.165) is 5.56 Å². The van der Waals surface area contributed by atoms with Gasteiger partial charge in [0.1, 0.15) is 6.04 Å². The molecule has 1 aromatic heterocycles. The Balaban J connectivity index is 1.90. The van der Waals surface area contributed by atoms with Gasteiger partial charge in [-0.05, 0) is 30.9 Å². The molecule has 4 amide bonds. The fourth-order valence-electron chi connectivity index (χ4n) is 4.50. The van der Waals surface area contributed by atoms with Crippen molar-refractivity contribution in [2.75, 3.05) is 6.54 Å². The number of amides is 4. The first-order chi connectivity index (χ1) is 13.9. The number of carbonyl (C=O) groups is 4. The summed E-state index contributed by atoms with van der Waals surface area (Å²) in [5.41, 5.74) is 7.41. The highest BCUT2D eigenvalue weighted by Crippen LogP contribution is 2.50. The number of fused-ring (bicyclic) bond motifs is 1. The third-order valence-corrected chi connectivity index (χ3v) is 6.62. The van der Waals surface area contributed by atoms with Gasteiger partial charge in [-0.15, -0.1) is 11.3 Å². The van der Waals surface area contributed by atoms with Crippen molar-refractivity contribution < 1.29 is 19.2 Å². The van der Waals surface area contributed by atoms with Gasteiger partial charge in [-0.25, -0.2) is 0 Å². The molecule has 0 bridgehead atoms. The third kappa shape index (κ3) is 2.86. The largest absolute Gasteiger partial charge is 0.368 e. The number of rotatable bonds is 4. The van der Waals surface area contributed by atoms with Crippen LogP contribution < -0.4 is 5.73 Å². The van der Waals surface area contributed by atoms with Gasteiger partial charge in [-0.3, -0.25) is 24.1 Å². The van der Waals surface area contributed by atoms with Gasteiger partial charge in [-0.2, -0.15) is 0 Å². The van der Waals surface area contributed by atoms with Crippen LogP contribution in [-0.2, 0) is 14.4 Å². The quantitative estimate of drug-likeness (QED) is 0.774. The summed E-state index contributed by atoms with van der Waals surface area (Å²) in [6, 6.07) is 8.93. The van der Waals surface area contributed by atoms with Crippen LogP contribution in [0.5, 0.6) is 0 Å². The van der Waals surface area contributed by atoms with Crippen molar-refractivity contribution in [3.8, 4) is 0 Å². The molecule has 2 aliphatic heterocycles. The van der Waals surface area contributed by atoms with Gasteiger partial charge in [0.05, 0.1) is 22.8 Å². The summed E-state index contributed by atoms with van der Waals surface area (Å²) in [6.07, 6.45) is 0. The Morgan fingerprint density at radius 2 is 1.72 bits per heavy atom. The minimum absolute atomic E-state index is 0.218. The number of hydrogen-bond acceptors (Lipinski definition) is 5. The van der Waals surface area contributed by atoms with Crippen LogP contribution in [0.3, 0.4) is 0 Å². The number of carbonyl (C=O) groups excluding carboxylic acids is 4. The maximum absolute atomic E-state index is 13.4. The van der Waals surface area contributed by atoms with E-state index >= 15 is 0 Å². The number of imide groups is 1. The second kappa shape index (κ2) is 7.11. The Morgan fingerprint density at radius 1 is 1.07 bits per heavy atom. The summed E-state index contributed by atoms with van der Waals surface area (Å²) in [4.78, 5) is 54.9. The molecule has 29 heavy (non-hydrogen) atoms. The zero-order valence-corrected chi connectivity index (χ0v) is 16.9. The van der Waals surface area contributed by atoms with Crippen molar-refractivity contribution in [1.29, 1.82) is 0 Å². The van der Waals surface area contributed by atoms with Crippen LogP contribution in [-0.4, -0.2) is 46.0 Å². The molecule has 2 fully saturated rings. The first-order valence-corrected chi connectivity index (χ1v) is 10.3. The Morgan fingerprint density at radius 3 is 2.28 bits per heavy atom. The van der Waals surface area contributed by atoms with E-state index in [9.17, 15) is 19.2 Å². The number of aryl methyl sites for hydroxylation is 1. The lowest BCUT2D eigenvalue weighted by Crippen LogP contribution is -2.50. The van der Waals surface area contributed by atoms with Crippen molar-refractivity contribution >= 4 is 35.0 Å². The summed E-state index contributed by atoms with van der Waals surface area (Å²) in [5.74, 6) is -3.77. The van der Waals surface area contributed by atoms with Gasteiger partial charge in [0.15, 0.2) is 0 Å². The second-order valence-electron chi connectivity index (χ2n) is 7.36. The lowest BCUT2D eigenvalue weighted by Gasteiger charge is -2.32. The molecule has 3 heterocycles. The summed E-state index contributed by atoms with van der Waals surface area (Å²) in [5, 5.41) is 1.76. The molecular formula is C21H21N3O4S. The highest BCUT2D eigenvalue weighted by atomic mass is 32.1. The first kappa shape index (κ1) is 19.3. The van der Waals surface area contributed by atoms with Crippen LogP contribution in [0.25, 0.3) is 0 Å². The van der Waals surface area contributed by atoms with Gasteiger partial charge in [0, 0.05) is 6.54 Å². The zero-order chi connectivity index (χ0) is 20.9. The molecule has 1 aromatic carbocycles. The molecule has 2 N–H and O–H groups in total. The number of thiophene rings is 1. The van der Waals surface area contributed by atoms with E-state index in [1.165, 1.54) is 21.1 Å². The molecule has 2 aromatic rings. The molecule has 4 rings (SSSR count). The zero-order valence-electron chi connectivity index (χ0n) is 16.1. The van der Waals surface area contributed by atoms with Crippen molar-refractivity contribution in [2.24, 2.45) is 17.6 Å². The molecule has 4 atom stereocenters. The Hall–Kier alpha value is -3.00. The normalized spacial score (nSPS) is 26.1. The van der Waals surface area contributed by atoms with E-state index in [1.54, 1.807) is 24.4 Å². The summed E-state index contributed by atoms with van der Waals surface area (Å²) in [6.45, 7) is 3.87. The fraction of sp³-hybridized carbons (Fsp3) is 0.333. The molecular weight excluding hydrogens is 390 g/mol. The van der Waals surface area contributed by atoms with Crippen molar-refractivity contribution in [3.63, 3.8) is 0 Å². The predicted octanol–water partition coefficient (Wildman–Crippen LogP) is 1.73. The molecule has 0 spiro atoms. The van der Waals surface area contributed by atoms with Crippen molar-refractivity contribution in [3.05, 3.63) is 57.8 Å². The number of hydrogen-bond donors (Lipinski definition) is 1. The Labute approximate surface area is 172 Å². The Bertz CT molecular complexity index is 986.